The number of rotatable bonds is 1. The fraction of sp³-hybridized carbons (Fsp3) is 0.222. The summed E-state index contributed by atoms with van der Waals surface area (Å²) in [6.07, 6.45) is 0. The maximum Gasteiger partial charge on any atom is 0.0462 e. The summed E-state index contributed by atoms with van der Waals surface area (Å²) in [5.41, 5.74) is 5.16. The second-order valence-corrected chi connectivity index (χ2v) is 7.09. The van der Waals surface area contributed by atoms with Gasteiger partial charge in [-0.3, -0.25) is 0 Å². The SMILES string of the molecule is CC(C)(C)c1[nH]c2ccccc2c1-c1ccc(Br)cc1. The Kier molecular flexibility index (Phi) is 3.21. The van der Waals surface area contributed by atoms with Crippen molar-refractivity contribution < 1.29 is 0 Å². The maximum atomic E-state index is 3.61. The van der Waals surface area contributed by atoms with Crippen molar-refractivity contribution in [3.63, 3.8) is 0 Å². The average molecular weight is 328 g/mol. The molecule has 102 valence electrons. The molecule has 0 spiro atoms. The Balaban J connectivity index is 2.34. The van der Waals surface area contributed by atoms with Gasteiger partial charge in [0.2, 0.25) is 0 Å². The van der Waals surface area contributed by atoms with Crippen molar-refractivity contribution in [1.29, 1.82) is 0 Å². The van der Waals surface area contributed by atoms with Crippen LogP contribution in [0.2, 0.25) is 0 Å². The molecule has 3 aromatic rings. The van der Waals surface area contributed by atoms with E-state index >= 15 is 0 Å². The second-order valence-electron chi connectivity index (χ2n) is 6.18. The molecule has 0 aliphatic carbocycles. The minimum atomic E-state index is 0.0847. The van der Waals surface area contributed by atoms with Gasteiger partial charge in [0.25, 0.3) is 0 Å². The molecule has 0 radical (unpaired) electrons. The number of aromatic amines is 1. The zero-order valence-electron chi connectivity index (χ0n) is 12.0. The first-order valence-electron chi connectivity index (χ1n) is 6.84. The predicted molar refractivity (Wildman–Crippen MR) is 90.1 cm³/mol. The lowest BCUT2D eigenvalue weighted by Gasteiger charge is -2.19. The number of fused-ring (bicyclic) bond motifs is 1. The molecular weight excluding hydrogens is 310 g/mol. The normalized spacial score (nSPS) is 12.0. The Labute approximate surface area is 128 Å². The van der Waals surface area contributed by atoms with E-state index in [1.165, 1.54) is 27.7 Å². The molecule has 1 heterocycles. The van der Waals surface area contributed by atoms with Crippen LogP contribution in [0.4, 0.5) is 0 Å². The monoisotopic (exact) mass is 327 g/mol. The summed E-state index contributed by atoms with van der Waals surface area (Å²) in [4.78, 5) is 3.61. The van der Waals surface area contributed by atoms with E-state index in [0.29, 0.717) is 0 Å². The van der Waals surface area contributed by atoms with Gasteiger partial charge in [-0.25, -0.2) is 0 Å². The molecule has 2 aromatic carbocycles. The van der Waals surface area contributed by atoms with Crippen molar-refractivity contribution >= 4 is 26.8 Å². The number of aromatic nitrogens is 1. The van der Waals surface area contributed by atoms with Crippen molar-refractivity contribution in [2.75, 3.05) is 0 Å². The van der Waals surface area contributed by atoms with E-state index in [4.69, 9.17) is 0 Å². The summed E-state index contributed by atoms with van der Waals surface area (Å²) >= 11 is 3.51. The van der Waals surface area contributed by atoms with Crippen LogP contribution in [0.25, 0.3) is 22.0 Å². The highest BCUT2D eigenvalue weighted by Crippen LogP contribution is 2.38. The van der Waals surface area contributed by atoms with Crippen LogP contribution in [0, 0.1) is 0 Å². The van der Waals surface area contributed by atoms with Gasteiger partial charge in [-0.1, -0.05) is 67.0 Å². The molecule has 0 aliphatic rings. The molecule has 1 aromatic heterocycles. The Morgan fingerprint density at radius 2 is 1.55 bits per heavy atom. The zero-order valence-corrected chi connectivity index (χ0v) is 13.6. The first-order chi connectivity index (χ1) is 9.47. The zero-order chi connectivity index (χ0) is 14.3. The van der Waals surface area contributed by atoms with E-state index < -0.39 is 0 Å². The summed E-state index contributed by atoms with van der Waals surface area (Å²) in [7, 11) is 0. The summed E-state index contributed by atoms with van der Waals surface area (Å²) in [5, 5.41) is 1.29. The molecule has 0 bridgehead atoms. The lowest BCUT2D eigenvalue weighted by atomic mass is 9.86. The summed E-state index contributed by atoms with van der Waals surface area (Å²) in [6, 6.07) is 17.1. The van der Waals surface area contributed by atoms with Crippen LogP contribution < -0.4 is 0 Å². The fourth-order valence-corrected chi connectivity index (χ4v) is 2.89. The van der Waals surface area contributed by atoms with E-state index in [-0.39, 0.29) is 5.41 Å². The number of hydrogen-bond donors (Lipinski definition) is 1. The first-order valence-corrected chi connectivity index (χ1v) is 7.63. The highest BCUT2D eigenvalue weighted by atomic mass is 79.9. The quantitative estimate of drug-likeness (QED) is 0.573. The van der Waals surface area contributed by atoms with Crippen molar-refractivity contribution in [1.82, 2.24) is 4.98 Å². The third-order valence-corrected chi connectivity index (χ3v) is 4.12. The van der Waals surface area contributed by atoms with Gasteiger partial charge in [0.1, 0.15) is 0 Å². The molecule has 0 aliphatic heterocycles. The molecule has 0 saturated heterocycles. The van der Waals surface area contributed by atoms with Crippen LogP contribution in [-0.4, -0.2) is 4.98 Å². The van der Waals surface area contributed by atoms with Gasteiger partial charge in [-0.2, -0.15) is 0 Å². The first kappa shape index (κ1) is 13.4. The summed E-state index contributed by atoms with van der Waals surface area (Å²) in [6.45, 7) is 6.75. The van der Waals surface area contributed by atoms with E-state index in [1.807, 2.05) is 0 Å². The topological polar surface area (TPSA) is 15.8 Å². The lowest BCUT2D eigenvalue weighted by molar-refractivity contribution is 0.576. The van der Waals surface area contributed by atoms with Crippen LogP contribution in [0.15, 0.2) is 53.0 Å². The minimum absolute atomic E-state index is 0.0847. The number of nitrogens with one attached hydrogen (secondary N) is 1. The van der Waals surface area contributed by atoms with Gasteiger partial charge in [0.05, 0.1) is 0 Å². The van der Waals surface area contributed by atoms with Crippen LogP contribution in [0.1, 0.15) is 26.5 Å². The van der Waals surface area contributed by atoms with E-state index in [9.17, 15) is 0 Å². The molecule has 0 unspecified atom stereocenters. The van der Waals surface area contributed by atoms with Crippen molar-refractivity contribution in [3.8, 4) is 11.1 Å². The van der Waals surface area contributed by atoms with Crippen LogP contribution in [0.3, 0.4) is 0 Å². The van der Waals surface area contributed by atoms with Gasteiger partial charge >= 0.3 is 0 Å². The highest BCUT2D eigenvalue weighted by Gasteiger charge is 2.23. The summed E-state index contributed by atoms with van der Waals surface area (Å²) in [5.74, 6) is 0. The highest BCUT2D eigenvalue weighted by molar-refractivity contribution is 9.10. The van der Waals surface area contributed by atoms with E-state index in [1.54, 1.807) is 0 Å². The lowest BCUT2D eigenvalue weighted by Crippen LogP contribution is -2.12. The van der Waals surface area contributed by atoms with Gasteiger partial charge in [0, 0.05) is 32.0 Å². The molecule has 0 atom stereocenters. The van der Waals surface area contributed by atoms with Crippen LogP contribution in [-0.2, 0) is 5.41 Å². The number of para-hydroxylation sites is 1. The molecule has 1 nitrogen and oxygen atoms in total. The third-order valence-electron chi connectivity index (χ3n) is 3.59. The Morgan fingerprint density at radius 1 is 0.900 bits per heavy atom. The third kappa shape index (κ3) is 2.29. The Hall–Kier alpha value is -1.54. The second kappa shape index (κ2) is 4.78. The molecule has 3 rings (SSSR count). The molecule has 1 N–H and O–H groups in total. The van der Waals surface area contributed by atoms with Crippen LogP contribution in [0.5, 0.6) is 0 Å². The van der Waals surface area contributed by atoms with Crippen molar-refractivity contribution in [3.05, 3.63) is 58.7 Å². The van der Waals surface area contributed by atoms with Crippen LogP contribution >= 0.6 is 15.9 Å². The molecule has 0 saturated carbocycles. The van der Waals surface area contributed by atoms with Gasteiger partial charge in [-0.05, 0) is 23.8 Å². The number of hydrogen-bond acceptors (Lipinski definition) is 0. The van der Waals surface area contributed by atoms with Gasteiger partial charge in [-0.15, -0.1) is 0 Å². The molecule has 20 heavy (non-hydrogen) atoms. The molecule has 0 fully saturated rings. The minimum Gasteiger partial charge on any atom is -0.357 e. The van der Waals surface area contributed by atoms with Gasteiger partial charge in [0.15, 0.2) is 0 Å². The number of halogens is 1. The molecule has 0 amide bonds. The Bertz CT molecular complexity index is 745. The van der Waals surface area contributed by atoms with E-state index in [0.717, 1.165) is 4.47 Å². The fourth-order valence-electron chi connectivity index (χ4n) is 2.62. The predicted octanol–water partition coefficient (Wildman–Crippen LogP) is 5.89. The molecular formula is C18H18BrN. The largest absolute Gasteiger partial charge is 0.357 e. The summed E-state index contributed by atoms with van der Waals surface area (Å²) < 4.78 is 1.11. The number of benzene rings is 2. The smallest absolute Gasteiger partial charge is 0.0462 e. The Morgan fingerprint density at radius 3 is 2.20 bits per heavy atom. The van der Waals surface area contributed by atoms with Crippen molar-refractivity contribution in [2.45, 2.75) is 26.2 Å². The number of H-pyrrole nitrogens is 1. The molecule has 2 heteroatoms. The maximum absolute atomic E-state index is 3.61. The van der Waals surface area contributed by atoms with Crippen molar-refractivity contribution in [2.24, 2.45) is 0 Å². The van der Waals surface area contributed by atoms with Gasteiger partial charge < -0.3 is 4.98 Å². The average Bonchev–Trinajstić information content (AvgIpc) is 2.79. The standard InChI is InChI=1S/C18H18BrN/c1-18(2,3)17-16(12-8-10-13(19)11-9-12)14-6-4-5-7-15(14)20-17/h4-11,20H,1-3H3. The van der Waals surface area contributed by atoms with E-state index in [2.05, 4.69) is 90.2 Å².